The highest BCUT2D eigenvalue weighted by Crippen LogP contribution is 2.44. The summed E-state index contributed by atoms with van der Waals surface area (Å²) in [5.74, 6) is 0. The Bertz CT molecular complexity index is 343. The van der Waals surface area contributed by atoms with Crippen LogP contribution in [0.25, 0.3) is 0 Å². The van der Waals surface area contributed by atoms with Gasteiger partial charge in [0.05, 0.1) is 0 Å². The van der Waals surface area contributed by atoms with Gasteiger partial charge in [0.25, 0.3) is 0 Å². The third kappa shape index (κ3) is 3.66. The van der Waals surface area contributed by atoms with Crippen molar-refractivity contribution >= 4 is 6.09 Å². The molecule has 1 saturated carbocycles. The van der Waals surface area contributed by atoms with Crippen molar-refractivity contribution in [3.63, 3.8) is 0 Å². The van der Waals surface area contributed by atoms with E-state index < -0.39 is 5.60 Å². The maximum Gasteiger partial charge on any atom is 0.410 e. The number of ether oxygens (including phenoxy) is 1. The molecule has 4 heteroatoms. The quantitative estimate of drug-likeness (QED) is 0.803. The smallest absolute Gasteiger partial charge is 0.410 e. The van der Waals surface area contributed by atoms with E-state index in [0.717, 1.165) is 13.0 Å². The van der Waals surface area contributed by atoms with Crippen LogP contribution in [0.4, 0.5) is 4.79 Å². The van der Waals surface area contributed by atoms with Crippen molar-refractivity contribution in [3.8, 4) is 0 Å². The highest BCUT2D eigenvalue weighted by Gasteiger charge is 2.42. The largest absolute Gasteiger partial charge is 0.444 e. The van der Waals surface area contributed by atoms with Gasteiger partial charge in [0.15, 0.2) is 0 Å². The monoisotopic (exact) mass is 282 g/mol. The number of piperidine rings is 1. The van der Waals surface area contributed by atoms with Crippen molar-refractivity contribution in [1.29, 1.82) is 0 Å². The minimum Gasteiger partial charge on any atom is -0.444 e. The summed E-state index contributed by atoms with van der Waals surface area (Å²) in [6.07, 6.45) is 8.51. The Hall–Kier alpha value is -0.770. The highest BCUT2D eigenvalue weighted by molar-refractivity contribution is 5.69. The molecule has 0 aromatic carbocycles. The summed E-state index contributed by atoms with van der Waals surface area (Å²) >= 11 is 0. The zero-order valence-corrected chi connectivity index (χ0v) is 13.3. The molecule has 1 spiro atoms. The number of hydrogen-bond acceptors (Lipinski definition) is 3. The third-order valence-corrected chi connectivity index (χ3v) is 4.77. The minimum absolute atomic E-state index is 0.150. The second-order valence-electron chi connectivity index (χ2n) is 7.60. The molecule has 116 valence electrons. The van der Waals surface area contributed by atoms with Gasteiger partial charge in [-0.3, -0.25) is 0 Å². The molecule has 1 amide bonds. The number of nitrogens with zero attached hydrogens (tertiary/aromatic N) is 1. The molecule has 2 rings (SSSR count). The van der Waals surface area contributed by atoms with Gasteiger partial charge in [0, 0.05) is 19.1 Å². The van der Waals surface area contributed by atoms with Crippen LogP contribution >= 0.6 is 0 Å². The molecular formula is C16H30N2O2. The molecule has 1 unspecified atom stereocenters. The van der Waals surface area contributed by atoms with Gasteiger partial charge in [-0.25, -0.2) is 4.79 Å². The summed E-state index contributed by atoms with van der Waals surface area (Å²) in [7, 11) is 0. The van der Waals surface area contributed by atoms with Crippen LogP contribution in [0.5, 0.6) is 0 Å². The molecule has 0 bridgehead atoms. The summed E-state index contributed by atoms with van der Waals surface area (Å²) < 4.78 is 5.57. The van der Waals surface area contributed by atoms with E-state index in [-0.39, 0.29) is 12.1 Å². The van der Waals surface area contributed by atoms with Crippen LogP contribution in [0.2, 0.25) is 0 Å². The Morgan fingerprint density at radius 1 is 1.25 bits per heavy atom. The lowest BCUT2D eigenvalue weighted by Crippen LogP contribution is -2.55. The van der Waals surface area contributed by atoms with Crippen LogP contribution in [0, 0.1) is 5.41 Å². The lowest BCUT2D eigenvalue weighted by atomic mass is 9.68. The number of carbonyl (C=O) groups is 1. The Labute approximate surface area is 123 Å². The fourth-order valence-electron chi connectivity index (χ4n) is 3.69. The second-order valence-corrected chi connectivity index (χ2v) is 7.60. The first kappa shape index (κ1) is 15.6. The number of likely N-dealkylation sites (tertiary alicyclic amines) is 1. The maximum absolute atomic E-state index is 12.5. The summed E-state index contributed by atoms with van der Waals surface area (Å²) in [6.45, 7) is 7.13. The second kappa shape index (κ2) is 5.92. The summed E-state index contributed by atoms with van der Waals surface area (Å²) in [5, 5.41) is 0. The first-order valence-electron chi connectivity index (χ1n) is 8.05. The van der Waals surface area contributed by atoms with Gasteiger partial charge in [-0.1, -0.05) is 19.3 Å². The lowest BCUT2D eigenvalue weighted by Gasteiger charge is -2.48. The molecule has 4 nitrogen and oxygen atoms in total. The zero-order chi connectivity index (χ0) is 14.8. The van der Waals surface area contributed by atoms with Crippen molar-refractivity contribution in [2.24, 2.45) is 11.1 Å². The molecule has 20 heavy (non-hydrogen) atoms. The van der Waals surface area contributed by atoms with E-state index in [1.807, 2.05) is 25.7 Å². The zero-order valence-electron chi connectivity index (χ0n) is 13.3. The molecule has 2 fully saturated rings. The molecule has 1 heterocycles. The van der Waals surface area contributed by atoms with Crippen LogP contribution in [0.1, 0.15) is 65.7 Å². The molecule has 1 aliphatic heterocycles. The van der Waals surface area contributed by atoms with Crippen molar-refractivity contribution in [1.82, 2.24) is 4.90 Å². The van der Waals surface area contributed by atoms with Gasteiger partial charge in [0.2, 0.25) is 0 Å². The number of rotatable bonds is 1. The van der Waals surface area contributed by atoms with E-state index in [9.17, 15) is 4.79 Å². The fourth-order valence-corrected chi connectivity index (χ4v) is 3.69. The van der Waals surface area contributed by atoms with Gasteiger partial charge in [-0.2, -0.15) is 0 Å². The van der Waals surface area contributed by atoms with Crippen LogP contribution in [0.15, 0.2) is 0 Å². The van der Waals surface area contributed by atoms with E-state index in [2.05, 4.69) is 0 Å². The predicted octanol–water partition coefficient (Wildman–Crippen LogP) is 3.30. The van der Waals surface area contributed by atoms with E-state index in [4.69, 9.17) is 10.5 Å². The predicted molar refractivity (Wildman–Crippen MR) is 80.5 cm³/mol. The number of nitrogens with two attached hydrogens (primary N) is 1. The summed E-state index contributed by atoms with van der Waals surface area (Å²) in [5.41, 5.74) is 5.76. The fraction of sp³-hybridized carbons (Fsp3) is 0.938. The molecule has 0 radical (unpaired) electrons. The molecule has 2 aliphatic rings. The van der Waals surface area contributed by atoms with Crippen LogP contribution in [0.3, 0.4) is 0 Å². The number of hydrogen-bond donors (Lipinski definition) is 1. The van der Waals surface area contributed by atoms with Gasteiger partial charge in [-0.15, -0.1) is 0 Å². The molecule has 0 aromatic heterocycles. The van der Waals surface area contributed by atoms with Crippen molar-refractivity contribution < 1.29 is 9.53 Å². The molecule has 1 saturated heterocycles. The number of amides is 1. The Balaban J connectivity index is 2.08. The van der Waals surface area contributed by atoms with Gasteiger partial charge in [0.1, 0.15) is 5.60 Å². The topological polar surface area (TPSA) is 55.6 Å². The Morgan fingerprint density at radius 3 is 2.45 bits per heavy atom. The standard InChI is InChI=1S/C16H30N2O2/c1-15(2,3)20-14(19)18-12-16(8-5-4-6-9-16)10-7-13(18)11-17/h13H,4-12,17H2,1-3H3. The van der Waals surface area contributed by atoms with Crippen molar-refractivity contribution in [2.45, 2.75) is 77.4 Å². The SMILES string of the molecule is CC(C)(C)OC(=O)N1CC2(CCCCC2)CCC1CN. The highest BCUT2D eigenvalue weighted by atomic mass is 16.6. The lowest BCUT2D eigenvalue weighted by molar-refractivity contribution is -0.0206. The maximum atomic E-state index is 12.5. The van der Waals surface area contributed by atoms with Gasteiger partial charge >= 0.3 is 6.09 Å². The summed E-state index contributed by atoms with van der Waals surface area (Å²) in [6, 6.07) is 0.150. The van der Waals surface area contributed by atoms with Gasteiger partial charge < -0.3 is 15.4 Å². The van der Waals surface area contributed by atoms with Crippen LogP contribution in [-0.2, 0) is 4.74 Å². The van der Waals surface area contributed by atoms with Crippen LogP contribution in [-0.4, -0.2) is 35.7 Å². The van der Waals surface area contributed by atoms with Crippen LogP contribution < -0.4 is 5.73 Å². The Morgan fingerprint density at radius 2 is 1.90 bits per heavy atom. The van der Waals surface area contributed by atoms with E-state index in [1.54, 1.807) is 0 Å². The third-order valence-electron chi connectivity index (χ3n) is 4.77. The minimum atomic E-state index is -0.437. The first-order chi connectivity index (χ1) is 9.35. The molecule has 0 aromatic rings. The molecule has 1 atom stereocenters. The number of carbonyl (C=O) groups excluding carboxylic acids is 1. The first-order valence-corrected chi connectivity index (χ1v) is 8.05. The summed E-state index contributed by atoms with van der Waals surface area (Å²) in [4.78, 5) is 14.4. The average molecular weight is 282 g/mol. The molecular weight excluding hydrogens is 252 g/mol. The molecule has 2 N–H and O–H groups in total. The van der Waals surface area contributed by atoms with Gasteiger partial charge in [-0.05, 0) is 51.9 Å². The Kier molecular flexibility index (Phi) is 4.62. The average Bonchev–Trinajstić information content (AvgIpc) is 2.38. The van der Waals surface area contributed by atoms with Crippen molar-refractivity contribution in [2.75, 3.05) is 13.1 Å². The van der Waals surface area contributed by atoms with E-state index in [1.165, 1.54) is 38.5 Å². The van der Waals surface area contributed by atoms with E-state index >= 15 is 0 Å². The van der Waals surface area contributed by atoms with Crippen molar-refractivity contribution in [3.05, 3.63) is 0 Å². The molecule has 1 aliphatic carbocycles. The normalized spacial score (nSPS) is 26.6. The van der Waals surface area contributed by atoms with E-state index in [0.29, 0.717) is 12.0 Å².